The third-order valence-corrected chi connectivity index (χ3v) is 4.07. The second kappa shape index (κ2) is 7.18. The van der Waals surface area contributed by atoms with Crippen LogP contribution in [0, 0.1) is 5.82 Å². The third kappa shape index (κ3) is 3.79. The van der Waals surface area contributed by atoms with Crippen LogP contribution in [0.3, 0.4) is 0 Å². The number of nitrogens with zero attached hydrogens (tertiary/aromatic N) is 4. The Morgan fingerprint density at radius 3 is 2.72 bits per heavy atom. The fourth-order valence-electron chi connectivity index (χ4n) is 2.83. The number of nitrogens with one attached hydrogen (secondary N) is 1. The normalized spacial score (nSPS) is 17.8. The first-order valence-electron chi connectivity index (χ1n) is 8.28. The van der Waals surface area contributed by atoms with Crippen molar-refractivity contribution in [3.8, 4) is 0 Å². The highest BCUT2D eigenvalue weighted by atomic mass is 19.1. The molecule has 1 N–H and O–H groups in total. The number of ether oxygens (including phenoxy) is 1. The van der Waals surface area contributed by atoms with Gasteiger partial charge < -0.3 is 15.0 Å². The van der Waals surface area contributed by atoms with Crippen LogP contribution in [0.15, 0.2) is 24.3 Å². The van der Waals surface area contributed by atoms with Crippen molar-refractivity contribution >= 4 is 11.9 Å². The number of anilines is 1. The average Bonchev–Trinajstić information content (AvgIpc) is 2.97. The summed E-state index contributed by atoms with van der Waals surface area (Å²) in [6.45, 7) is 5.51. The van der Waals surface area contributed by atoms with E-state index in [0.29, 0.717) is 25.6 Å². The zero-order chi connectivity index (χ0) is 18.0. The van der Waals surface area contributed by atoms with Crippen LogP contribution >= 0.6 is 0 Å². The average molecular weight is 347 g/mol. The Morgan fingerprint density at radius 2 is 2.04 bits per heavy atom. The molecule has 8 heteroatoms. The van der Waals surface area contributed by atoms with Gasteiger partial charge in [0.05, 0.1) is 13.2 Å². The fourth-order valence-corrected chi connectivity index (χ4v) is 2.83. The summed E-state index contributed by atoms with van der Waals surface area (Å²) in [6.07, 6.45) is -0.181. The predicted molar refractivity (Wildman–Crippen MR) is 90.9 cm³/mol. The van der Waals surface area contributed by atoms with E-state index < -0.39 is 0 Å². The Balaban J connectivity index is 1.76. The number of morpholine rings is 1. The highest BCUT2D eigenvalue weighted by molar-refractivity contribution is 5.91. The summed E-state index contributed by atoms with van der Waals surface area (Å²) in [6, 6.07) is 6.32. The summed E-state index contributed by atoms with van der Waals surface area (Å²) in [5.74, 6) is 0.364. The molecule has 7 nitrogen and oxygen atoms in total. The number of benzene rings is 1. The van der Waals surface area contributed by atoms with Crippen LogP contribution in [-0.4, -0.2) is 46.4 Å². The van der Waals surface area contributed by atoms with Gasteiger partial charge in [-0.1, -0.05) is 12.1 Å². The van der Waals surface area contributed by atoms with Crippen LogP contribution < -0.4 is 10.2 Å². The highest BCUT2D eigenvalue weighted by Crippen LogP contribution is 2.25. The van der Waals surface area contributed by atoms with Gasteiger partial charge in [-0.25, -0.2) is 4.39 Å². The molecule has 1 saturated heterocycles. The van der Waals surface area contributed by atoms with E-state index in [1.54, 1.807) is 23.7 Å². The molecule has 1 aromatic carbocycles. The zero-order valence-electron chi connectivity index (χ0n) is 14.6. The molecule has 25 heavy (non-hydrogen) atoms. The van der Waals surface area contributed by atoms with Crippen LogP contribution in [0.2, 0.25) is 0 Å². The van der Waals surface area contributed by atoms with Gasteiger partial charge in [0, 0.05) is 19.6 Å². The van der Waals surface area contributed by atoms with Crippen LogP contribution in [-0.2, 0) is 11.8 Å². The molecular formula is C17H22FN5O2. The first kappa shape index (κ1) is 17.3. The highest BCUT2D eigenvalue weighted by Gasteiger charge is 2.27. The molecule has 134 valence electrons. The lowest BCUT2D eigenvalue weighted by Gasteiger charge is -2.33. The molecule has 0 radical (unpaired) electrons. The number of hydrogen-bond donors (Lipinski definition) is 1. The van der Waals surface area contributed by atoms with E-state index in [1.165, 1.54) is 12.1 Å². The Bertz CT molecular complexity index is 744. The maximum Gasteiger partial charge on any atom is 0.289 e. The third-order valence-electron chi connectivity index (χ3n) is 4.07. The summed E-state index contributed by atoms with van der Waals surface area (Å²) >= 11 is 0. The topological polar surface area (TPSA) is 72.3 Å². The van der Waals surface area contributed by atoms with E-state index in [0.717, 1.165) is 5.56 Å². The molecule has 1 amide bonds. The lowest BCUT2D eigenvalue weighted by Crippen LogP contribution is -2.40. The minimum atomic E-state index is -0.273. The summed E-state index contributed by atoms with van der Waals surface area (Å²) in [7, 11) is 1.77. The number of rotatable bonds is 4. The Morgan fingerprint density at radius 1 is 1.32 bits per heavy atom. The molecule has 0 bridgehead atoms. The summed E-state index contributed by atoms with van der Waals surface area (Å²) in [5, 5.41) is 11.0. The number of carbonyl (C=O) groups is 1. The van der Waals surface area contributed by atoms with Crippen LogP contribution in [0.5, 0.6) is 0 Å². The van der Waals surface area contributed by atoms with Gasteiger partial charge in [-0.2, -0.15) is 0 Å². The van der Waals surface area contributed by atoms with Crippen molar-refractivity contribution in [2.75, 3.05) is 24.6 Å². The van der Waals surface area contributed by atoms with Crippen LogP contribution in [0.4, 0.5) is 10.3 Å². The molecule has 2 heterocycles. The molecule has 0 saturated carbocycles. The summed E-state index contributed by atoms with van der Waals surface area (Å²) in [4.78, 5) is 14.2. The standard InChI is InChI=1S/C17H22FN5O2/c1-11(2)19-16(24)15-20-21-17(22(15)3)23-8-9-25-14(10-23)12-4-6-13(18)7-5-12/h4-7,11,14H,8-10H2,1-3H3,(H,19,24). The summed E-state index contributed by atoms with van der Waals surface area (Å²) in [5.41, 5.74) is 0.908. The fraction of sp³-hybridized carbons (Fsp3) is 0.471. The lowest BCUT2D eigenvalue weighted by atomic mass is 10.1. The van der Waals surface area contributed by atoms with Crippen LogP contribution in [0.25, 0.3) is 0 Å². The minimum absolute atomic E-state index is 0.0268. The number of carbonyl (C=O) groups excluding carboxylic acids is 1. The molecule has 0 spiro atoms. The number of amides is 1. The molecule has 3 rings (SSSR count). The Kier molecular flexibility index (Phi) is 4.98. The monoisotopic (exact) mass is 347 g/mol. The Hall–Kier alpha value is -2.48. The molecule has 2 aromatic rings. The second-order valence-electron chi connectivity index (χ2n) is 6.37. The second-order valence-corrected chi connectivity index (χ2v) is 6.37. The van der Waals surface area contributed by atoms with Gasteiger partial charge in [-0.05, 0) is 31.5 Å². The molecule has 1 aliphatic rings. The van der Waals surface area contributed by atoms with Gasteiger partial charge in [0.1, 0.15) is 11.9 Å². The number of aromatic nitrogens is 3. The predicted octanol–water partition coefficient (Wildman–Crippen LogP) is 1.67. The van der Waals surface area contributed by atoms with E-state index in [4.69, 9.17) is 4.74 Å². The van der Waals surface area contributed by atoms with Gasteiger partial charge in [-0.3, -0.25) is 9.36 Å². The van der Waals surface area contributed by atoms with Crippen molar-refractivity contribution in [3.63, 3.8) is 0 Å². The first-order valence-corrected chi connectivity index (χ1v) is 8.28. The summed E-state index contributed by atoms with van der Waals surface area (Å²) < 4.78 is 20.6. The maximum absolute atomic E-state index is 13.1. The number of hydrogen-bond acceptors (Lipinski definition) is 5. The van der Waals surface area contributed by atoms with Crippen molar-refractivity contribution in [1.82, 2.24) is 20.1 Å². The number of halogens is 1. The van der Waals surface area contributed by atoms with Gasteiger partial charge >= 0.3 is 0 Å². The van der Waals surface area contributed by atoms with Gasteiger partial charge in [0.25, 0.3) is 5.91 Å². The van der Waals surface area contributed by atoms with Crippen molar-refractivity contribution in [1.29, 1.82) is 0 Å². The van der Waals surface area contributed by atoms with E-state index in [2.05, 4.69) is 15.5 Å². The maximum atomic E-state index is 13.1. The molecule has 1 fully saturated rings. The van der Waals surface area contributed by atoms with Crippen molar-refractivity contribution in [2.45, 2.75) is 26.0 Å². The van der Waals surface area contributed by atoms with Crippen LogP contribution in [0.1, 0.15) is 36.1 Å². The van der Waals surface area contributed by atoms with Crippen molar-refractivity contribution in [2.24, 2.45) is 7.05 Å². The quantitative estimate of drug-likeness (QED) is 0.911. The smallest absolute Gasteiger partial charge is 0.289 e. The minimum Gasteiger partial charge on any atom is -0.370 e. The molecule has 1 aliphatic heterocycles. The molecule has 1 aromatic heterocycles. The van der Waals surface area contributed by atoms with E-state index in [-0.39, 0.29) is 29.7 Å². The zero-order valence-corrected chi connectivity index (χ0v) is 14.6. The molecular weight excluding hydrogens is 325 g/mol. The SMILES string of the molecule is CC(C)NC(=O)c1nnc(N2CCOC(c3ccc(F)cc3)C2)n1C. The van der Waals surface area contributed by atoms with Crippen molar-refractivity contribution < 1.29 is 13.9 Å². The van der Waals surface area contributed by atoms with Crippen molar-refractivity contribution in [3.05, 3.63) is 41.5 Å². The largest absolute Gasteiger partial charge is 0.370 e. The molecule has 0 aliphatic carbocycles. The lowest BCUT2D eigenvalue weighted by molar-refractivity contribution is 0.0390. The van der Waals surface area contributed by atoms with Gasteiger partial charge in [-0.15, -0.1) is 10.2 Å². The molecule has 1 unspecified atom stereocenters. The first-order chi connectivity index (χ1) is 12.0. The van der Waals surface area contributed by atoms with Gasteiger partial charge in [0.2, 0.25) is 11.8 Å². The Labute approximate surface area is 145 Å². The molecule has 1 atom stereocenters. The van der Waals surface area contributed by atoms with Gasteiger partial charge in [0.15, 0.2) is 0 Å². The van der Waals surface area contributed by atoms with E-state index >= 15 is 0 Å². The van der Waals surface area contributed by atoms with E-state index in [9.17, 15) is 9.18 Å². The van der Waals surface area contributed by atoms with E-state index in [1.807, 2.05) is 18.7 Å².